The number of fused-ring (bicyclic) bond motifs is 1. The van der Waals surface area contributed by atoms with Crippen LogP contribution in [0.1, 0.15) is 10.4 Å². The van der Waals surface area contributed by atoms with E-state index in [1.165, 1.54) is 7.11 Å². The van der Waals surface area contributed by atoms with Gasteiger partial charge in [0, 0.05) is 5.39 Å². The third-order valence-corrected chi connectivity index (χ3v) is 3.21. The van der Waals surface area contributed by atoms with Gasteiger partial charge in [0.2, 0.25) is 0 Å². The monoisotopic (exact) mass is 250 g/mol. The van der Waals surface area contributed by atoms with E-state index in [0.29, 0.717) is 16.3 Å². The molecule has 1 atom stereocenters. The molecule has 0 aliphatic rings. The van der Waals surface area contributed by atoms with Gasteiger partial charge in [-0.1, -0.05) is 24.3 Å². The van der Waals surface area contributed by atoms with E-state index in [1.807, 2.05) is 0 Å². The average Bonchev–Trinajstić information content (AvgIpc) is 2.36. The summed E-state index contributed by atoms with van der Waals surface area (Å²) in [6, 6.07) is 9.89. The molecular formula is C12H10O4S. The number of ether oxygens (including phenoxy) is 1. The minimum Gasteiger partial charge on any atom is -0.465 e. The topological polar surface area (TPSA) is 63.6 Å². The smallest absolute Gasteiger partial charge is 0.338 e. The molecule has 0 spiro atoms. The number of hydrogen-bond acceptors (Lipinski definition) is 3. The maximum atomic E-state index is 11.5. The number of benzene rings is 2. The molecule has 0 heterocycles. The van der Waals surface area contributed by atoms with Crippen LogP contribution >= 0.6 is 0 Å². The quantitative estimate of drug-likeness (QED) is 0.655. The van der Waals surface area contributed by atoms with Gasteiger partial charge in [-0.3, -0.25) is 0 Å². The van der Waals surface area contributed by atoms with Crippen molar-refractivity contribution in [1.82, 2.24) is 0 Å². The summed E-state index contributed by atoms with van der Waals surface area (Å²) in [6.07, 6.45) is 0. The minimum absolute atomic E-state index is 0.285. The van der Waals surface area contributed by atoms with Crippen LogP contribution in [0.25, 0.3) is 10.8 Å². The standard InChI is InChI=1S/C12H10O4S/c1-16-12(13)10-6-2-5-9-8(10)4-3-7-11(9)17(14)15/h2-7H,1H3,(H,14,15). The fraction of sp³-hybridized carbons (Fsp3) is 0.0833. The highest BCUT2D eigenvalue weighted by molar-refractivity contribution is 7.79. The number of hydrogen-bond donors (Lipinski definition) is 1. The highest BCUT2D eigenvalue weighted by Crippen LogP contribution is 2.24. The largest absolute Gasteiger partial charge is 0.465 e. The molecule has 2 rings (SSSR count). The van der Waals surface area contributed by atoms with E-state index in [9.17, 15) is 9.00 Å². The summed E-state index contributed by atoms with van der Waals surface area (Å²) in [5, 5.41) is 1.19. The molecule has 0 bridgehead atoms. The maximum absolute atomic E-state index is 11.5. The van der Waals surface area contributed by atoms with Crippen molar-refractivity contribution in [3.8, 4) is 0 Å². The van der Waals surface area contributed by atoms with Crippen LogP contribution in [0.4, 0.5) is 0 Å². The zero-order chi connectivity index (χ0) is 12.4. The van der Waals surface area contributed by atoms with Gasteiger partial charge in [-0.05, 0) is 17.5 Å². The van der Waals surface area contributed by atoms with Crippen LogP contribution in [-0.4, -0.2) is 21.8 Å². The Morgan fingerprint density at radius 3 is 2.47 bits per heavy atom. The molecule has 4 nitrogen and oxygen atoms in total. The molecule has 5 heteroatoms. The number of carbonyl (C=O) groups is 1. The molecule has 0 amide bonds. The van der Waals surface area contributed by atoms with Crippen molar-refractivity contribution >= 4 is 27.8 Å². The van der Waals surface area contributed by atoms with Crippen molar-refractivity contribution in [2.24, 2.45) is 0 Å². The first-order valence-electron chi connectivity index (χ1n) is 4.86. The van der Waals surface area contributed by atoms with Crippen molar-refractivity contribution in [2.75, 3.05) is 7.11 Å². The third-order valence-electron chi connectivity index (χ3n) is 2.48. The third kappa shape index (κ3) is 2.07. The number of carbonyl (C=O) groups excluding carboxylic acids is 1. The van der Waals surface area contributed by atoms with Gasteiger partial charge in [-0.15, -0.1) is 0 Å². The first-order chi connectivity index (χ1) is 8.15. The van der Waals surface area contributed by atoms with E-state index < -0.39 is 17.0 Å². The summed E-state index contributed by atoms with van der Waals surface area (Å²) in [7, 11) is 1.30. The summed E-state index contributed by atoms with van der Waals surface area (Å²) in [6.45, 7) is 0. The second kappa shape index (κ2) is 4.65. The van der Waals surface area contributed by atoms with Crippen LogP contribution in [0.3, 0.4) is 0 Å². The Morgan fingerprint density at radius 1 is 1.18 bits per heavy atom. The fourth-order valence-corrected chi connectivity index (χ4v) is 2.28. The minimum atomic E-state index is -2.08. The highest BCUT2D eigenvalue weighted by Gasteiger charge is 2.13. The summed E-state index contributed by atoms with van der Waals surface area (Å²) in [5.74, 6) is -0.462. The lowest BCUT2D eigenvalue weighted by atomic mass is 10.0. The second-order valence-corrected chi connectivity index (χ2v) is 4.34. The molecule has 0 aliphatic heterocycles. The van der Waals surface area contributed by atoms with Crippen molar-refractivity contribution < 1.29 is 18.3 Å². The normalized spacial score (nSPS) is 12.4. The van der Waals surface area contributed by atoms with E-state index in [0.717, 1.165) is 0 Å². The number of esters is 1. The lowest BCUT2D eigenvalue weighted by Gasteiger charge is -2.06. The Kier molecular flexibility index (Phi) is 3.21. The van der Waals surface area contributed by atoms with Gasteiger partial charge in [0.1, 0.15) is 0 Å². The molecule has 2 aromatic rings. The van der Waals surface area contributed by atoms with Gasteiger partial charge in [0.25, 0.3) is 0 Å². The maximum Gasteiger partial charge on any atom is 0.338 e. The Hall–Kier alpha value is -1.72. The van der Waals surface area contributed by atoms with E-state index in [1.54, 1.807) is 36.4 Å². The number of methoxy groups -OCH3 is 1. The predicted octanol–water partition coefficient (Wildman–Crippen LogP) is 2.21. The first kappa shape index (κ1) is 11.8. The van der Waals surface area contributed by atoms with Crippen LogP contribution in [0.15, 0.2) is 41.3 Å². The Bertz CT molecular complexity index is 606. The summed E-state index contributed by atoms with van der Waals surface area (Å²) >= 11 is -2.08. The van der Waals surface area contributed by atoms with Crippen molar-refractivity contribution in [3.63, 3.8) is 0 Å². The van der Waals surface area contributed by atoms with Gasteiger partial charge in [0.05, 0.1) is 17.6 Å². The molecule has 0 saturated carbocycles. The molecule has 0 saturated heterocycles. The number of rotatable bonds is 2. The SMILES string of the molecule is COC(=O)c1cccc2c(S(=O)O)cccc12. The molecule has 0 aliphatic carbocycles. The summed E-state index contributed by atoms with van der Waals surface area (Å²) < 4.78 is 25.0. The Labute approximate surface area is 100 Å². The summed E-state index contributed by atoms with van der Waals surface area (Å²) in [5.41, 5.74) is 0.386. The zero-order valence-corrected chi connectivity index (χ0v) is 9.86. The molecule has 0 radical (unpaired) electrons. The Balaban J connectivity index is 2.79. The molecule has 17 heavy (non-hydrogen) atoms. The lowest BCUT2D eigenvalue weighted by Crippen LogP contribution is -2.02. The molecule has 1 unspecified atom stereocenters. The van der Waals surface area contributed by atoms with Crippen molar-refractivity contribution in [3.05, 3.63) is 42.0 Å². The predicted molar refractivity (Wildman–Crippen MR) is 64.3 cm³/mol. The van der Waals surface area contributed by atoms with Crippen LogP contribution in [0.2, 0.25) is 0 Å². The van der Waals surface area contributed by atoms with E-state index >= 15 is 0 Å². The van der Waals surface area contributed by atoms with Crippen LogP contribution in [0, 0.1) is 0 Å². The van der Waals surface area contributed by atoms with Gasteiger partial charge in [-0.2, -0.15) is 0 Å². The fourth-order valence-electron chi connectivity index (χ4n) is 1.72. The molecule has 0 fully saturated rings. The highest BCUT2D eigenvalue weighted by atomic mass is 32.2. The summed E-state index contributed by atoms with van der Waals surface area (Å²) in [4.78, 5) is 11.8. The zero-order valence-electron chi connectivity index (χ0n) is 9.04. The van der Waals surface area contributed by atoms with Gasteiger partial charge in [-0.25, -0.2) is 9.00 Å². The van der Waals surface area contributed by atoms with Crippen molar-refractivity contribution in [2.45, 2.75) is 4.90 Å². The van der Waals surface area contributed by atoms with E-state index in [2.05, 4.69) is 4.74 Å². The molecule has 0 aromatic heterocycles. The second-order valence-electron chi connectivity index (χ2n) is 3.40. The van der Waals surface area contributed by atoms with Crippen LogP contribution in [-0.2, 0) is 15.8 Å². The average molecular weight is 250 g/mol. The lowest BCUT2D eigenvalue weighted by molar-refractivity contribution is 0.0603. The van der Waals surface area contributed by atoms with Gasteiger partial charge < -0.3 is 9.29 Å². The first-order valence-corrected chi connectivity index (χ1v) is 5.96. The van der Waals surface area contributed by atoms with E-state index in [4.69, 9.17) is 4.55 Å². The van der Waals surface area contributed by atoms with Gasteiger partial charge in [0.15, 0.2) is 11.1 Å². The molecule has 1 N–H and O–H groups in total. The van der Waals surface area contributed by atoms with Crippen LogP contribution in [0.5, 0.6) is 0 Å². The molecule has 88 valence electrons. The van der Waals surface area contributed by atoms with Crippen molar-refractivity contribution in [1.29, 1.82) is 0 Å². The Morgan fingerprint density at radius 2 is 1.82 bits per heavy atom. The van der Waals surface area contributed by atoms with E-state index in [-0.39, 0.29) is 4.90 Å². The van der Waals surface area contributed by atoms with Crippen LogP contribution < -0.4 is 0 Å². The molecular weight excluding hydrogens is 240 g/mol. The molecule has 2 aromatic carbocycles. The van der Waals surface area contributed by atoms with Gasteiger partial charge >= 0.3 is 5.97 Å².